The fourth-order valence-corrected chi connectivity index (χ4v) is 2.02. The number of carbonyl (C=O) groups excluding carboxylic acids is 1. The van der Waals surface area contributed by atoms with Gasteiger partial charge in [0.1, 0.15) is 0 Å². The van der Waals surface area contributed by atoms with Gasteiger partial charge in [0.25, 0.3) is 5.91 Å². The van der Waals surface area contributed by atoms with Crippen LogP contribution in [0.2, 0.25) is 0 Å². The first-order chi connectivity index (χ1) is 8.54. The molecule has 2 N–H and O–H groups in total. The van der Waals surface area contributed by atoms with Crippen LogP contribution in [0.3, 0.4) is 0 Å². The largest absolute Gasteiger partial charge is 0.476 e. The molecule has 19 heavy (non-hydrogen) atoms. The van der Waals surface area contributed by atoms with Crippen LogP contribution < -0.4 is 5.32 Å². The van der Waals surface area contributed by atoms with Crippen LogP contribution in [0.1, 0.15) is 34.1 Å². The molecule has 0 radical (unpaired) electrons. The van der Waals surface area contributed by atoms with Gasteiger partial charge in [0.15, 0.2) is 20.5 Å². The van der Waals surface area contributed by atoms with Gasteiger partial charge in [-0.1, -0.05) is 0 Å². The van der Waals surface area contributed by atoms with Crippen molar-refractivity contribution < 1.29 is 23.1 Å². The SMILES string of the molecule is CC(C)(CNC(=O)c1nc(C(=O)O)cs1)S(C)(=O)=O. The molecule has 7 nitrogen and oxygen atoms in total. The molecule has 106 valence electrons. The van der Waals surface area contributed by atoms with Crippen LogP contribution in [-0.2, 0) is 9.84 Å². The van der Waals surface area contributed by atoms with E-state index in [1.807, 2.05) is 0 Å². The second-order valence-electron chi connectivity index (χ2n) is 4.56. The van der Waals surface area contributed by atoms with E-state index in [0.717, 1.165) is 17.6 Å². The zero-order chi connectivity index (χ0) is 14.8. The van der Waals surface area contributed by atoms with Crippen LogP contribution in [0.5, 0.6) is 0 Å². The Labute approximate surface area is 114 Å². The summed E-state index contributed by atoms with van der Waals surface area (Å²) in [5.74, 6) is -1.80. The van der Waals surface area contributed by atoms with Crippen molar-refractivity contribution in [1.82, 2.24) is 10.3 Å². The maximum Gasteiger partial charge on any atom is 0.355 e. The van der Waals surface area contributed by atoms with Crippen LogP contribution in [-0.4, -0.2) is 47.9 Å². The molecule has 0 fully saturated rings. The second-order valence-corrected chi connectivity index (χ2v) is 8.07. The number of aromatic carboxylic acids is 1. The summed E-state index contributed by atoms with van der Waals surface area (Å²) in [5, 5.41) is 12.4. The monoisotopic (exact) mass is 306 g/mol. The fraction of sp³-hybridized carbons (Fsp3) is 0.500. The first kappa shape index (κ1) is 15.6. The molecule has 0 atom stereocenters. The molecule has 9 heteroatoms. The molecule has 0 aliphatic heterocycles. The van der Waals surface area contributed by atoms with Crippen molar-refractivity contribution in [3.05, 3.63) is 16.1 Å². The maximum atomic E-state index is 11.7. The molecule has 0 aliphatic carbocycles. The van der Waals surface area contributed by atoms with E-state index in [1.54, 1.807) is 0 Å². The van der Waals surface area contributed by atoms with Crippen LogP contribution in [0.25, 0.3) is 0 Å². The summed E-state index contributed by atoms with van der Waals surface area (Å²) in [6.07, 6.45) is 1.09. The highest BCUT2D eigenvalue weighted by molar-refractivity contribution is 7.92. The number of rotatable bonds is 5. The van der Waals surface area contributed by atoms with E-state index in [1.165, 1.54) is 19.2 Å². The highest BCUT2D eigenvalue weighted by atomic mass is 32.2. The second kappa shape index (κ2) is 5.25. The summed E-state index contributed by atoms with van der Waals surface area (Å²) in [7, 11) is -3.31. The number of aromatic nitrogens is 1. The van der Waals surface area contributed by atoms with Crippen molar-refractivity contribution in [1.29, 1.82) is 0 Å². The van der Waals surface area contributed by atoms with Gasteiger partial charge in [0, 0.05) is 18.2 Å². The van der Waals surface area contributed by atoms with Crippen LogP contribution in [0, 0.1) is 0 Å². The van der Waals surface area contributed by atoms with Gasteiger partial charge in [-0.2, -0.15) is 0 Å². The number of nitrogens with zero attached hydrogens (tertiary/aromatic N) is 1. The third-order valence-corrected chi connectivity index (χ3v) is 5.59. The topological polar surface area (TPSA) is 113 Å². The number of nitrogens with one attached hydrogen (secondary N) is 1. The Morgan fingerprint density at radius 1 is 1.47 bits per heavy atom. The molecule has 0 saturated carbocycles. The van der Waals surface area contributed by atoms with Gasteiger partial charge in [0.05, 0.1) is 4.75 Å². The Balaban J connectivity index is 2.73. The average Bonchev–Trinajstić information content (AvgIpc) is 2.73. The van der Waals surface area contributed by atoms with E-state index in [9.17, 15) is 18.0 Å². The third kappa shape index (κ3) is 3.74. The Kier molecular flexibility index (Phi) is 4.31. The predicted molar refractivity (Wildman–Crippen MR) is 70.3 cm³/mol. The van der Waals surface area contributed by atoms with Crippen LogP contribution in [0.15, 0.2) is 5.38 Å². The predicted octanol–water partition coefficient (Wildman–Crippen LogP) is 0.394. The van der Waals surface area contributed by atoms with Gasteiger partial charge < -0.3 is 10.4 Å². The van der Waals surface area contributed by atoms with Gasteiger partial charge in [-0.3, -0.25) is 4.79 Å². The zero-order valence-corrected chi connectivity index (χ0v) is 12.3. The summed E-state index contributed by atoms with van der Waals surface area (Å²) in [5.41, 5.74) is -0.211. The lowest BCUT2D eigenvalue weighted by Gasteiger charge is -2.22. The smallest absolute Gasteiger partial charge is 0.355 e. The standard InChI is InChI=1S/C10H14N2O5S2/c1-10(2,19(3,16)17)5-11-7(13)8-12-6(4-18-8)9(14)15/h4H,5H2,1-3H3,(H,11,13)(H,14,15). The molecule has 0 aliphatic rings. The first-order valence-corrected chi connectivity index (χ1v) is 7.98. The van der Waals surface area contributed by atoms with Crippen LogP contribution >= 0.6 is 11.3 Å². The quantitative estimate of drug-likeness (QED) is 0.813. The van der Waals surface area contributed by atoms with Crippen molar-refractivity contribution >= 4 is 33.1 Å². The molecule has 1 aromatic rings. The van der Waals surface area contributed by atoms with E-state index in [4.69, 9.17) is 5.11 Å². The first-order valence-electron chi connectivity index (χ1n) is 5.21. The molecule has 0 saturated heterocycles. The number of thiazole rings is 1. The Morgan fingerprint density at radius 2 is 2.05 bits per heavy atom. The van der Waals surface area contributed by atoms with Gasteiger partial charge >= 0.3 is 5.97 Å². The molecule has 0 spiro atoms. The van der Waals surface area contributed by atoms with E-state index in [2.05, 4.69) is 10.3 Å². The molecule has 1 heterocycles. The minimum atomic E-state index is -3.31. The lowest BCUT2D eigenvalue weighted by atomic mass is 10.2. The third-order valence-electron chi connectivity index (χ3n) is 2.60. The Bertz CT molecular complexity index is 603. The summed E-state index contributed by atoms with van der Waals surface area (Å²) < 4.78 is 21.8. The lowest BCUT2D eigenvalue weighted by molar-refractivity contribution is 0.0691. The molecule has 0 bridgehead atoms. The molecule has 1 aromatic heterocycles. The number of amides is 1. The van der Waals surface area contributed by atoms with E-state index in [-0.39, 0.29) is 17.2 Å². The molecule has 0 unspecified atom stereocenters. The van der Waals surface area contributed by atoms with Crippen molar-refractivity contribution in [2.45, 2.75) is 18.6 Å². The van der Waals surface area contributed by atoms with Gasteiger partial charge in [-0.15, -0.1) is 11.3 Å². The van der Waals surface area contributed by atoms with Crippen molar-refractivity contribution in [3.63, 3.8) is 0 Å². The Hall–Kier alpha value is -1.48. The molecular weight excluding hydrogens is 292 g/mol. The van der Waals surface area contributed by atoms with E-state index in [0.29, 0.717) is 0 Å². The zero-order valence-electron chi connectivity index (χ0n) is 10.6. The molecule has 1 amide bonds. The minimum absolute atomic E-state index is 0.0123. The Morgan fingerprint density at radius 3 is 2.47 bits per heavy atom. The average molecular weight is 306 g/mol. The summed E-state index contributed by atoms with van der Waals surface area (Å²) >= 11 is 0.891. The van der Waals surface area contributed by atoms with Gasteiger partial charge in [-0.25, -0.2) is 18.2 Å². The number of sulfone groups is 1. The highest BCUT2D eigenvalue weighted by Crippen LogP contribution is 2.14. The summed E-state index contributed by atoms with van der Waals surface area (Å²) in [4.78, 5) is 26.0. The molecule has 0 aromatic carbocycles. The van der Waals surface area contributed by atoms with Gasteiger partial charge in [0.2, 0.25) is 0 Å². The number of hydrogen-bond acceptors (Lipinski definition) is 6. The number of carboxylic acids is 1. The normalized spacial score (nSPS) is 12.2. The van der Waals surface area contributed by atoms with Crippen molar-refractivity contribution in [3.8, 4) is 0 Å². The van der Waals surface area contributed by atoms with Crippen molar-refractivity contribution in [2.24, 2.45) is 0 Å². The number of hydrogen-bond donors (Lipinski definition) is 2. The number of carbonyl (C=O) groups is 2. The van der Waals surface area contributed by atoms with E-state index >= 15 is 0 Å². The lowest BCUT2D eigenvalue weighted by Crippen LogP contribution is -2.43. The van der Waals surface area contributed by atoms with Crippen molar-refractivity contribution in [2.75, 3.05) is 12.8 Å². The minimum Gasteiger partial charge on any atom is -0.476 e. The van der Waals surface area contributed by atoms with E-state index < -0.39 is 26.5 Å². The number of carboxylic acid groups (broad SMARTS) is 1. The molecule has 1 rings (SSSR count). The van der Waals surface area contributed by atoms with Crippen LogP contribution in [0.4, 0.5) is 0 Å². The molecular formula is C10H14N2O5S2. The fourth-order valence-electron chi connectivity index (χ4n) is 0.976. The van der Waals surface area contributed by atoms with Gasteiger partial charge in [-0.05, 0) is 13.8 Å². The summed E-state index contributed by atoms with van der Waals surface area (Å²) in [6, 6.07) is 0. The summed E-state index contributed by atoms with van der Waals surface area (Å²) in [6.45, 7) is 2.91. The maximum absolute atomic E-state index is 11.7. The highest BCUT2D eigenvalue weighted by Gasteiger charge is 2.31.